The third-order valence-corrected chi connectivity index (χ3v) is 5.89. The van der Waals surface area contributed by atoms with Crippen LogP contribution in [0.3, 0.4) is 0 Å². The van der Waals surface area contributed by atoms with E-state index in [0.29, 0.717) is 11.6 Å². The van der Waals surface area contributed by atoms with Gasteiger partial charge in [0.15, 0.2) is 6.10 Å². The lowest BCUT2D eigenvalue weighted by molar-refractivity contribution is -0.245. The molecule has 0 N–H and O–H groups in total. The monoisotopic (exact) mass is 470 g/mol. The fraction of sp³-hybridized carbons (Fsp3) is 0.476. The number of fused-ring (bicyclic) bond motifs is 1. The summed E-state index contributed by atoms with van der Waals surface area (Å²) in [5, 5.41) is 2.83. The summed E-state index contributed by atoms with van der Waals surface area (Å²) < 4.78 is 28.9. The molecule has 3 rings (SSSR count). The van der Waals surface area contributed by atoms with Crippen LogP contribution in [0.2, 0.25) is 0 Å². The van der Waals surface area contributed by atoms with E-state index in [1.54, 1.807) is 17.4 Å². The fourth-order valence-corrected chi connectivity index (χ4v) is 4.65. The van der Waals surface area contributed by atoms with Crippen LogP contribution in [0, 0.1) is 0 Å². The van der Waals surface area contributed by atoms with E-state index in [9.17, 15) is 14.4 Å². The first kappa shape index (κ1) is 23.3. The van der Waals surface area contributed by atoms with Crippen molar-refractivity contribution in [3.8, 4) is 5.75 Å². The molecule has 0 saturated carbocycles. The van der Waals surface area contributed by atoms with Crippen LogP contribution in [0.5, 0.6) is 5.75 Å². The van der Waals surface area contributed by atoms with E-state index in [0.717, 1.165) is 15.6 Å². The molecular formula is C21H23ClO8S. The van der Waals surface area contributed by atoms with Gasteiger partial charge in [0.05, 0.1) is 6.42 Å². The smallest absolute Gasteiger partial charge is 0.303 e. The summed E-state index contributed by atoms with van der Waals surface area (Å²) in [5.74, 6) is -0.682. The maximum Gasteiger partial charge on any atom is 0.303 e. The molecule has 2 heterocycles. The summed E-state index contributed by atoms with van der Waals surface area (Å²) >= 11 is 7.57. The summed E-state index contributed by atoms with van der Waals surface area (Å²) in [5.41, 5.74) is 0.990. The van der Waals surface area contributed by atoms with Crippen molar-refractivity contribution >= 4 is 50.9 Å². The molecule has 0 unspecified atom stereocenters. The van der Waals surface area contributed by atoms with Crippen molar-refractivity contribution in [1.29, 1.82) is 0 Å². The van der Waals surface area contributed by atoms with Crippen molar-refractivity contribution < 1.29 is 38.1 Å². The Kier molecular flexibility index (Phi) is 7.74. The van der Waals surface area contributed by atoms with Gasteiger partial charge in [0.2, 0.25) is 6.29 Å². The quantitative estimate of drug-likeness (QED) is 0.344. The molecule has 1 aromatic heterocycles. The highest BCUT2D eigenvalue weighted by Gasteiger charge is 2.44. The molecule has 1 aromatic carbocycles. The molecule has 1 fully saturated rings. The van der Waals surface area contributed by atoms with Gasteiger partial charge < -0.3 is 23.7 Å². The summed E-state index contributed by atoms with van der Waals surface area (Å²) in [6, 6.07) is 5.61. The number of ether oxygens (including phenoxy) is 5. The second-order valence-electron chi connectivity index (χ2n) is 7.00. The van der Waals surface area contributed by atoms with E-state index >= 15 is 0 Å². The van der Waals surface area contributed by atoms with E-state index in [-0.39, 0.29) is 13.0 Å². The number of carbonyl (C=O) groups excluding carboxylic acids is 3. The molecule has 10 heteroatoms. The zero-order chi connectivity index (χ0) is 22.5. The third-order valence-electron chi connectivity index (χ3n) is 4.62. The largest absolute Gasteiger partial charge is 0.464 e. The Balaban J connectivity index is 1.86. The number of halogens is 1. The molecule has 0 bridgehead atoms. The van der Waals surface area contributed by atoms with Crippen LogP contribution in [0.1, 0.15) is 32.8 Å². The average Bonchev–Trinajstić information content (AvgIpc) is 3.18. The lowest BCUT2D eigenvalue weighted by atomic mass is 10.0. The van der Waals surface area contributed by atoms with Crippen LogP contribution in [0.4, 0.5) is 0 Å². The van der Waals surface area contributed by atoms with Gasteiger partial charge in [0, 0.05) is 36.7 Å². The Labute approximate surface area is 188 Å². The summed E-state index contributed by atoms with van der Waals surface area (Å²) in [4.78, 5) is 34.6. The van der Waals surface area contributed by atoms with Crippen molar-refractivity contribution in [2.24, 2.45) is 0 Å². The molecule has 168 valence electrons. The highest BCUT2D eigenvalue weighted by atomic mass is 35.5. The van der Waals surface area contributed by atoms with Gasteiger partial charge in [-0.3, -0.25) is 14.4 Å². The molecular weight excluding hydrogens is 448 g/mol. The highest BCUT2D eigenvalue weighted by Crippen LogP contribution is 2.36. The van der Waals surface area contributed by atoms with Gasteiger partial charge in [-0.15, -0.1) is 22.9 Å². The van der Waals surface area contributed by atoms with Gasteiger partial charge in [-0.1, -0.05) is 6.07 Å². The molecule has 0 radical (unpaired) electrons. The van der Waals surface area contributed by atoms with Crippen molar-refractivity contribution in [2.75, 3.05) is 6.61 Å². The van der Waals surface area contributed by atoms with Crippen LogP contribution >= 0.6 is 22.9 Å². The fourth-order valence-electron chi connectivity index (χ4n) is 3.42. The van der Waals surface area contributed by atoms with Crippen LogP contribution in [-0.4, -0.2) is 49.1 Å². The van der Waals surface area contributed by atoms with Gasteiger partial charge in [-0.2, -0.15) is 0 Å². The van der Waals surface area contributed by atoms with Crippen LogP contribution in [0.25, 0.3) is 10.1 Å². The first-order valence-electron chi connectivity index (χ1n) is 9.63. The van der Waals surface area contributed by atoms with Crippen LogP contribution in [-0.2, 0) is 39.2 Å². The second kappa shape index (κ2) is 10.3. The molecule has 8 nitrogen and oxygen atoms in total. The molecule has 31 heavy (non-hydrogen) atoms. The summed E-state index contributed by atoms with van der Waals surface area (Å²) in [7, 11) is 0. The average molecular weight is 471 g/mol. The van der Waals surface area contributed by atoms with Crippen molar-refractivity contribution in [2.45, 2.75) is 57.7 Å². The summed E-state index contributed by atoms with van der Waals surface area (Å²) in [6.45, 7) is 3.57. The predicted molar refractivity (Wildman–Crippen MR) is 113 cm³/mol. The van der Waals surface area contributed by atoms with Crippen LogP contribution in [0.15, 0.2) is 23.6 Å². The minimum Gasteiger partial charge on any atom is -0.464 e. The molecule has 1 saturated heterocycles. The normalized spacial score (nSPS) is 23.2. The number of carbonyl (C=O) groups is 3. The minimum absolute atomic E-state index is 0.122. The number of thiophene rings is 1. The van der Waals surface area contributed by atoms with Gasteiger partial charge in [0.1, 0.15) is 24.6 Å². The third kappa shape index (κ3) is 5.87. The van der Waals surface area contributed by atoms with Gasteiger partial charge in [0.25, 0.3) is 0 Å². The Morgan fingerprint density at radius 2 is 1.84 bits per heavy atom. The van der Waals surface area contributed by atoms with Crippen molar-refractivity contribution in [3.63, 3.8) is 0 Å². The molecule has 4 atom stereocenters. The zero-order valence-corrected chi connectivity index (χ0v) is 18.9. The number of esters is 3. The molecule has 0 aliphatic carbocycles. The predicted octanol–water partition coefficient (Wildman–Crippen LogP) is 3.56. The van der Waals surface area contributed by atoms with E-state index in [2.05, 4.69) is 0 Å². The molecule has 1 aliphatic rings. The summed E-state index contributed by atoms with van der Waals surface area (Å²) in [6.07, 6.45) is -3.37. The Morgan fingerprint density at radius 1 is 1.10 bits per heavy atom. The van der Waals surface area contributed by atoms with E-state index in [4.69, 9.17) is 35.3 Å². The molecule has 0 amide bonds. The molecule has 2 aromatic rings. The van der Waals surface area contributed by atoms with Crippen LogP contribution < -0.4 is 4.74 Å². The topological polar surface area (TPSA) is 97.4 Å². The number of hydrogen-bond acceptors (Lipinski definition) is 9. The number of rotatable bonds is 7. The highest BCUT2D eigenvalue weighted by molar-refractivity contribution is 7.17. The zero-order valence-electron chi connectivity index (χ0n) is 17.3. The number of hydrogen-bond donors (Lipinski definition) is 0. The first-order valence-corrected chi connectivity index (χ1v) is 11.0. The minimum atomic E-state index is -0.944. The standard InChI is InChI=1S/C21H23ClO8S/c1-11(23)26-10-18-20(28-13(3)25)17(27-12(2)24)8-19(30-18)29-16-5-4-14(9-22)21-15(16)6-7-31-21/h4-7,17-20H,8-10H2,1-3H3/t17-,18-,19-,20-/m1/s1. The SMILES string of the molecule is CC(=O)OC[C@H]1O[C@@H](Oc2ccc(CCl)c3sccc23)C[C@@H](OC(C)=O)[C@H]1OC(C)=O. The maximum atomic E-state index is 11.7. The Morgan fingerprint density at radius 3 is 2.48 bits per heavy atom. The van der Waals surface area contributed by atoms with Crippen molar-refractivity contribution in [1.82, 2.24) is 0 Å². The van der Waals surface area contributed by atoms with E-state index < -0.39 is 42.5 Å². The lowest BCUT2D eigenvalue weighted by Crippen LogP contribution is -2.54. The lowest BCUT2D eigenvalue weighted by Gasteiger charge is -2.39. The Bertz CT molecular complexity index is 958. The Hall–Kier alpha value is -2.36. The van der Waals surface area contributed by atoms with Crippen molar-refractivity contribution in [3.05, 3.63) is 29.1 Å². The van der Waals surface area contributed by atoms with Gasteiger partial charge >= 0.3 is 17.9 Å². The van der Waals surface area contributed by atoms with Gasteiger partial charge in [-0.05, 0) is 23.1 Å². The van der Waals surface area contributed by atoms with E-state index in [1.165, 1.54) is 20.8 Å². The molecule has 1 aliphatic heterocycles. The molecule has 0 spiro atoms. The number of benzene rings is 1. The second-order valence-corrected chi connectivity index (χ2v) is 8.19. The first-order chi connectivity index (χ1) is 14.8. The maximum absolute atomic E-state index is 11.7. The van der Waals surface area contributed by atoms with E-state index in [1.807, 2.05) is 17.5 Å². The number of alkyl halides is 1. The van der Waals surface area contributed by atoms with Gasteiger partial charge in [-0.25, -0.2) is 0 Å².